The number of rotatable bonds is 13. The lowest BCUT2D eigenvalue weighted by Gasteiger charge is -2.22. The number of hydrogen-bond donors (Lipinski definition) is 1. The molecule has 1 rings (SSSR count). The number of unbranched alkanes of at least 4 members (excludes halogenated alkanes) is 2. The molecule has 0 radical (unpaired) electrons. The van der Waals surface area contributed by atoms with Crippen LogP contribution >= 0.6 is 0 Å². The van der Waals surface area contributed by atoms with Crippen LogP contribution in [0.5, 0.6) is 0 Å². The van der Waals surface area contributed by atoms with Gasteiger partial charge in [-0.15, -0.1) is 10.1 Å². The topological polar surface area (TPSA) is 151 Å². The fraction of sp³-hybridized carbons (Fsp3) is 0.706. The van der Waals surface area contributed by atoms with Gasteiger partial charge in [-0.2, -0.15) is 0 Å². The third-order valence-electron chi connectivity index (χ3n) is 4.21. The molecular weight excluding hydrogens is 376 g/mol. The van der Waals surface area contributed by atoms with E-state index in [2.05, 4.69) is 10.2 Å². The van der Waals surface area contributed by atoms with Gasteiger partial charge in [0.2, 0.25) is 5.91 Å². The zero-order chi connectivity index (χ0) is 21.1. The number of aryl methyl sites for hydroxylation is 1. The summed E-state index contributed by atoms with van der Waals surface area (Å²) in [5.41, 5.74) is 0. The SMILES string of the molecule is CCC(C)C(NC(=O)CCCCCO[N+](=O)[O-])C(=O)OCc1oc(=O)oc1C. The molecule has 28 heavy (non-hydrogen) atoms. The minimum atomic E-state index is -0.876. The zero-order valence-electron chi connectivity index (χ0n) is 16.2. The first kappa shape index (κ1) is 23.2. The smallest absolute Gasteiger partial charge is 0.456 e. The van der Waals surface area contributed by atoms with Crippen LogP contribution < -0.4 is 11.1 Å². The number of hydrogen-bond acceptors (Lipinski definition) is 9. The quantitative estimate of drug-likeness (QED) is 0.226. The van der Waals surface area contributed by atoms with E-state index < -0.39 is 22.9 Å². The van der Waals surface area contributed by atoms with Gasteiger partial charge in [-0.25, -0.2) is 9.59 Å². The average molecular weight is 402 g/mol. The van der Waals surface area contributed by atoms with Gasteiger partial charge in [-0.1, -0.05) is 26.7 Å². The van der Waals surface area contributed by atoms with Crippen molar-refractivity contribution in [1.82, 2.24) is 5.32 Å². The fourth-order valence-corrected chi connectivity index (χ4v) is 2.35. The van der Waals surface area contributed by atoms with Gasteiger partial charge in [0.15, 0.2) is 18.1 Å². The molecule has 1 aromatic heterocycles. The summed E-state index contributed by atoms with van der Waals surface area (Å²) < 4.78 is 14.6. The van der Waals surface area contributed by atoms with Gasteiger partial charge in [0.05, 0.1) is 6.61 Å². The number of carbonyl (C=O) groups excluding carboxylic acids is 2. The van der Waals surface area contributed by atoms with Crippen LogP contribution in [-0.4, -0.2) is 29.6 Å². The van der Waals surface area contributed by atoms with Gasteiger partial charge < -0.3 is 23.7 Å². The van der Waals surface area contributed by atoms with Gasteiger partial charge in [0.25, 0.3) is 5.09 Å². The van der Waals surface area contributed by atoms with Crippen molar-refractivity contribution in [1.29, 1.82) is 0 Å². The van der Waals surface area contributed by atoms with Crippen molar-refractivity contribution in [3.05, 3.63) is 32.3 Å². The summed E-state index contributed by atoms with van der Waals surface area (Å²) in [6, 6.07) is -0.839. The van der Waals surface area contributed by atoms with Gasteiger partial charge in [0.1, 0.15) is 6.04 Å². The highest BCUT2D eigenvalue weighted by atomic mass is 16.9. The van der Waals surface area contributed by atoms with E-state index >= 15 is 0 Å². The number of carbonyl (C=O) groups is 2. The Kier molecular flexibility index (Phi) is 9.75. The monoisotopic (exact) mass is 402 g/mol. The van der Waals surface area contributed by atoms with Crippen LogP contribution in [0.3, 0.4) is 0 Å². The van der Waals surface area contributed by atoms with Gasteiger partial charge >= 0.3 is 11.8 Å². The molecule has 0 aliphatic rings. The molecule has 0 saturated carbocycles. The molecule has 2 unspecified atom stereocenters. The first-order valence-electron chi connectivity index (χ1n) is 9.07. The van der Waals surface area contributed by atoms with Crippen molar-refractivity contribution in [3.8, 4) is 0 Å². The van der Waals surface area contributed by atoms with Crippen LogP contribution in [0.1, 0.15) is 57.5 Å². The highest BCUT2D eigenvalue weighted by molar-refractivity contribution is 5.84. The number of nitrogens with one attached hydrogen (secondary N) is 1. The Hall–Kier alpha value is -2.85. The molecule has 1 amide bonds. The molecule has 0 fully saturated rings. The number of esters is 1. The molecule has 11 heteroatoms. The van der Waals surface area contributed by atoms with Crippen LogP contribution in [0.4, 0.5) is 0 Å². The Labute approximate surface area is 161 Å². The molecule has 158 valence electrons. The predicted octanol–water partition coefficient (Wildman–Crippen LogP) is 1.88. The van der Waals surface area contributed by atoms with Crippen LogP contribution in [0.25, 0.3) is 0 Å². The van der Waals surface area contributed by atoms with E-state index in [9.17, 15) is 24.5 Å². The molecule has 0 spiro atoms. The second-order valence-corrected chi connectivity index (χ2v) is 6.34. The summed E-state index contributed by atoms with van der Waals surface area (Å²) in [6.45, 7) is 4.92. The Morgan fingerprint density at radius 1 is 1.25 bits per heavy atom. The number of amides is 1. The largest absolute Gasteiger partial charge is 0.519 e. The van der Waals surface area contributed by atoms with E-state index in [1.54, 1.807) is 0 Å². The van der Waals surface area contributed by atoms with Crippen molar-refractivity contribution in [2.24, 2.45) is 5.92 Å². The van der Waals surface area contributed by atoms with Crippen LogP contribution in [-0.2, 0) is 25.8 Å². The third-order valence-corrected chi connectivity index (χ3v) is 4.21. The lowest BCUT2D eigenvalue weighted by molar-refractivity contribution is -0.757. The molecule has 11 nitrogen and oxygen atoms in total. The maximum atomic E-state index is 12.4. The standard InChI is InChI=1S/C17H26N2O9/c1-4-11(2)15(16(21)25-10-13-12(3)27-17(22)28-13)18-14(20)8-6-5-7-9-26-19(23)24/h11,15H,4-10H2,1-3H3,(H,18,20). The Morgan fingerprint density at radius 2 is 1.96 bits per heavy atom. The van der Waals surface area contributed by atoms with Crippen molar-refractivity contribution in [2.45, 2.75) is 65.5 Å². The minimum Gasteiger partial charge on any atom is -0.456 e. The average Bonchev–Trinajstić information content (AvgIpc) is 2.96. The predicted molar refractivity (Wildman–Crippen MR) is 94.6 cm³/mol. The molecule has 0 aliphatic carbocycles. The van der Waals surface area contributed by atoms with E-state index in [0.29, 0.717) is 25.7 Å². The van der Waals surface area contributed by atoms with Gasteiger partial charge in [-0.3, -0.25) is 4.79 Å². The summed E-state index contributed by atoms with van der Waals surface area (Å²) >= 11 is 0. The molecule has 1 aromatic rings. The molecule has 2 atom stereocenters. The highest BCUT2D eigenvalue weighted by Gasteiger charge is 2.27. The van der Waals surface area contributed by atoms with Gasteiger partial charge in [0, 0.05) is 6.42 Å². The van der Waals surface area contributed by atoms with Crippen molar-refractivity contribution < 1.29 is 33.1 Å². The number of nitrogens with zero attached hydrogens (tertiary/aromatic N) is 1. The molecule has 0 aromatic carbocycles. The van der Waals surface area contributed by atoms with Crippen molar-refractivity contribution in [3.63, 3.8) is 0 Å². The van der Waals surface area contributed by atoms with E-state index in [1.165, 1.54) is 6.92 Å². The fourth-order valence-electron chi connectivity index (χ4n) is 2.35. The summed E-state index contributed by atoms with van der Waals surface area (Å²) in [4.78, 5) is 49.7. The minimum absolute atomic E-state index is 0.0139. The Balaban J connectivity index is 2.47. The third kappa shape index (κ3) is 8.23. The molecule has 0 bridgehead atoms. The maximum absolute atomic E-state index is 12.4. The molecule has 0 saturated heterocycles. The lowest BCUT2D eigenvalue weighted by atomic mass is 9.99. The first-order valence-corrected chi connectivity index (χ1v) is 9.07. The lowest BCUT2D eigenvalue weighted by Crippen LogP contribution is -2.45. The van der Waals surface area contributed by atoms with E-state index in [4.69, 9.17) is 13.6 Å². The van der Waals surface area contributed by atoms with Crippen LogP contribution in [0.15, 0.2) is 13.6 Å². The van der Waals surface area contributed by atoms with E-state index in [1.807, 2.05) is 13.8 Å². The van der Waals surface area contributed by atoms with Crippen LogP contribution in [0, 0.1) is 23.0 Å². The van der Waals surface area contributed by atoms with Crippen molar-refractivity contribution >= 4 is 11.9 Å². The summed E-state index contributed by atoms with van der Waals surface area (Å²) in [5, 5.41) is 11.8. The zero-order valence-corrected chi connectivity index (χ0v) is 16.2. The molecule has 1 N–H and O–H groups in total. The second kappa shape index (κ2) is 11.8. The molecule has 0 aliphatic heterocycles. The second-order valence-electron chi connectivity index (χ2n) is 6.34. The molecular formula is C17H26N2O9. The Morgan fingerprint density at radius 3 is 2.54 bits per heavy atom. The maximum Gasteiger partial charge on any atom is 0.519 e. The molecule has 1 heterocycles. The summed E-state index contributed by atoms with van der Waals surface area (Å²) in [6.07, 6.45) is 2.36. The summed E-state index contributed by atoms with van der Waals surface area (Å²) in [5.74, 6) is -1.65. The first-order chi connectivity index (χ1) is 13.2. The Bertz CT molecular complexity index is 710. The van der Waals surface area contributed by atoms with Gasteiger partial charge in [-0.05, 0) is 25.7 Å². The van der Waals surface area contributed by atoms with E-state index in [0.717, 1.165) is 0 Å². The summed E-state index contributed by atoms with van der Waals surface area (Å²) in [7, 11) is 0. The number of ether oxygens (including phenoxy) is 1. The normalized spacial score (nSPS) is 12.8. The van der Waals surface area contributed by atoms with Crippen molar-refractivity contribution in [2.75, 3.05) is 6.61 Å². The van der Waals surface area contributed by atoms with Crippen LogP contribution in [0.2, 0.25) is 0 Å². The van der Waals surface area contributed by atoms with E-state index in [-0.39, 0.29) is 43.0 Å². The highest BCUT2D eigenvalue weighted by Crippen LogP contribution is 2.13.